The van der Waals surface area contributed by atoms with E-state index in [1.807, 2.05) is 0 Å². The Hall–Kier alpha value is -2.38. The molecule has 0 radical (unpaired) electrons. The van der Waals surface area contributed by atoms with Crippen LogP contribution in [0.5, 0.6) is 0 Å². The summed E-state index contributed by atoms with van der Waals surface area (Å²) in [6.45, 7) is 27.5. The Labute approximate surface area is 247 Å². The molecule has 0 aliphatic carbocycles. The van der Waals surface area contributed by atoms with Gasteiger partial charge < -0.3 is 0 Å². The molecule has 0 N–H and O–H groups in total. The average Bonchev–Trinajstić information content (AvgIpc) is 2.78. The molecule has 0 aliphatic rings. The Morgan fingerprint density at radius 2 is 0.590 bits per heavy atom. The van der Waals surface area contributed by atoms with Crippen molar-refractivity contribution in [2.24, 2.45) is 0 Å². The third kappa shape index (κ3) is 8.81. The fraction of sp³-hybridized carbons (Fsp3) is 0.421. The lowest BCUT2D eigenvalue weighted by molar-refractivity contribution is 0.568. The summed E-state index contributed by atoms with van der Waals surface area (Å²) < 4.78 is 1.09. The molecule has 0 amide bonds. The molecule has 39 heavy (non-hydrogen) atoms. The summed E-state index contributed by atoms with van der Waals surface area (Å²) in [5, 5.41) is 0. The lowest BCUT2D eigenvalue weighted by atomic mass is 9.79. The van der Waals surface area contributed by atoms with E-state index in [4.69, 9.17) is 0 Å². The predicted molar refractivity (Wildman–Crippen MR) is 180 cm³/mol. The molecular formula is C38H49Br. The van der Waals surface area contributed by atoms with E-state index in [9.17, 15) is 0 Å². The van der Waals surface area contributed by atoms with Gasteiger partial charge in [-0.05, 0) is 84.4 Å². The zero-order valence-corrected chi connectivity index (χ0v) is 28.0. The maximum absolute atomic E-state index is 3.75. The van der Waals surface area contributed by atoms with E-state index < -0.39 is 0 Å². The molecular weight excluding hydrogens is 536 g/mol. The van der Waals surface area contributed by atoms with Crippen LogP contribution >= 0.6 is 15.9 Å². The van der Waals surface area contributed by atoms with Gasteiger partial charge in [0.2, 0.25) is 0 Å². The summed E-state index contributed by atoms with van der Waals surface area (Å²) in [5.74, 6) is 0. The van der Waals surface area contributed by atoms with Crippen LogP contribution in [0.3, 0.4) is 0 Å². The van der Waals surface area contributed by atoms with Crippen LogP contribution in [0.2, 0.25) is 0 Å². The first-order valence-electron chi connectivity index (χ1n) is 14.2. The normalized spacial score (nSPS) is 13.6. The molecule has 0 unspecified atom stereocenters. The Bertz CT molecular complexity index is 1200. The van der Waals surface area contributed by atoms with E-state index in [-0.39, 0.29) is 21.7 Å². The van der Waals surface area contributed by atoms with Gasteiger partial charge in [-0.25, -0.2) is 0 Å². The van der Waals surface area contributed by atoms with Crippen molar-refractivity contribution in [3.8, 4) is 0 Å². The average molecular weight is 586 g/mol. The maximum Gasteiger partial charge on any atom is 0.0187 e. The zero-order valence-electron chi connectivity index (χ0n) is 26.4. The summed E-state index contributed by atoms with van der Waals surface area (Å²) in [6, 6.07) is 20.7. The van der Waals surface area contributed by atoms with Crippen LogP contribution in [0.1, 0.15) is 128 Å². The summed E-state index contributed by atoms with van der Waals surface area (Å²) in [5.41, 5.74) is 10.8. The molecule has 3 aromatic carbocycles. The Morgan fingerprint density at radius 1 is 0.359 bits per heavy atom. The fourth-order valence-electron chi connectivity index (χ4n) is 4.44. The summed E-state index contributed by atoms with van der Waals surface area (Å²) >= 11 is 3.75. The minimum atomic E-state index is 0.106. The molecule has 0 heterocycles. The molecule has 0 saturated heterocycles. The molecule has 0 saturated carbocycles. The highest BCUT2D eigenvalue weighted by Gasteiger charge is 2.21. The number of hydrogen-bond acceptors (Lipinski definition) is 0. The number of benzene rings is 3. The summed E-state index contributed by atoms with van der Waals surface area (Å²) in [7, 11) is 0. The first kappa shape index (κ1) is 31.2. The van der Waals surface area contributed by atoms with Gasteiger partial charge in [0.15, 0.2) is 0 Å². The zero-order chi connectivity index (χ0) is 29.4. The van der Waals surface area contributed by atoms with Gasteiger partial charge in [-0.3, -0.25) is 0 Å². The van der Waals surface area contributed by atoms with E-state index in [0.717, 1.165) is 4.47 Å². The molecule has 0 bridgehead atoms. The highest BCUT2D eigenvalue weighted by atomic mass is 79.9. The summed E-state index contributed by atoms with van der Waals surface area (Å²) in [6.07, 6.45) is 8.97. The van der Waals surface area contributed by atoms with E-state index in [1.165, 1.54) is 44.5 Å². The van der Waals surface area contributed by atoms with Crippen molar-refractivity contribution in [3.63, 3.8) is 0 Å². The smallest absolute Gasteiger partial charge is 0.0187 e. The molecule has 0 atom stereocenters. The Kier molecular flexibility index (Phi) is 8.98. The lowest BCUT2D eigenvalue weighted by Crippen LogP contribution is -2.16. The molecule has 3 rings (SSSR count). The van der Waals surface area contributed by atoms with Crippen molar-refractivity contribution in [1.29, 1.82) is 0 Å². The van der Waals surface area contributed by atoms with Crippen molar-refractivity contribution in [2.45, 2.75) is 105 Å². The van der Waals surface area contributed by atoms with Crippen LogP contribution in [-0.4, -0.2) is 0 Å². The largest absolute Gasteiger partial charge is 0.0561 e. The molecule has 0 aliphatic heterocycles. The second-order valence-corrected chi connectivity index (χ2v) is 16.1. The minimum absolute atomic E-state index is 0.106. The van der Waals surface area contributed by atoms with Crippen LogP contribution in [0.4, 0.5) is 0 Å². The van der Waals surface area contributed by atoms with Crippen LogP contribution in [0.15, 0.2) is 59.1 Å². The topological polar surface area (TPSA) is 0 Å². The highest BCUT2D eigenvalue weighted by molar-refractivity contribution is 9.10. The number of halogens is 1. The lowest BCUT2D eigenvalue weighted by Gasteiger charge is -2.25. The van der Waals surface area contributed by atoms with E-state index in [1.54, 1.807) is 0 Å². The quantitative estimate of drug-likeness (QED) is 0.267. The van der Waals surface area contributed by atoms with Gasteiger partial charge >= 0.3 is 0 Å². The third-order valence-electron chi connectivity index (χ3n) is 7.25. The molecule has 208 valence electrons. The van der Waals surface area contributed by atoms with Gasteiger partial charge in [0, 0.05) is 4.47 Å². The van der Waals surface area contributed by atoms with Gasteiger partial charge in [-0.15, -0.1) is 0 Å². The van der Waals surface area contributed by atoms with Crippen LogP contribution in [-0.2, 0) is 21.7 Å². The fourth-order valence-corrected chi connectivity index (χ4v) is 4.97. The number of hydrogen-bond donors (Lipinski definition) is 0. The minimum Gasteiger partial charge on any atom is -0.0561 e. The van der Waals surface area contributed by atoms with Gasteiger partial charge in [0.05, 0.1) is 0 Å². The third-order valence-corrected chi connectivity index (χ3v) is 7.71. The SMILES string of the molecule is CC(C)(C)c1cc(C=Cc2cc(Br)cc(C=Cc3cc(C(C)(C)C)cc(C(C)(C)C)c3)c2)cc(C(C)(C)C)c1. The van der Waals surface area contributed by atoms with E-state index >= 15 is 0 Å². The van der Waals surface area contributed by atoms with Gasteiger partial charge in [0.25, 0.3) is 0 Å². The van der Waals surface area contributed by atoms with E-state index in [2.05, 4.69) is 178 Å². The standard InChI is InChI=1S/C38H49Br/c1-35(2,3)30-18-28(19-31(24-30)36(4,5)6)15-13-26-17-27(23-34(39)22-26)14-16-29-20-32(37(7,8)9)25-33(21-29)38(10,11)12/h13-25H,1-12H3. The first-order valence-corrected chi connectivity index (χ1v) is 15.0. The monoisotopic (exact) mass is 584 g/mol. The molecule has 1 heteroatoms. The van der Waals surface area contributed by atoms with Crippen LogP contribution in [0, 0.1) is 0 Å². The van der Waals surface area contributed by atoms with Crippen molar-refractivity contribution < 1.29 is 0 Å². The van der Waals surface area contributed by atoms with Gasteiger partial charge in [0.1, 0.15) is 0 Å². The van der Waals surface area contributed by atoms with E-state index in [0.29, 0.717) is 0 Å². The first-order chi connectivity index (χ1) is 17.7. The maximum atomic E-state index is 3.75. The highest BCUT2D eigenvalue weighted by Crippen LogP contribution is 2.33. The second-order valence-electron chi connectivity index (χ2n) is 15.2. The number of rotatable bonds is 4. The van der Waals surface area contributed by atoms with Crippen LogP contribution < -0.4 is 0 Å². The van der Waals surface area contributed by atoms with Crippen molar-refractivity contribution in [1.82, 2.24) is 0 Å². The molecule has 3 aromatic rings. The molecule has 0 aromatic heterocycles. The van der Waals surface area contributed by atoms with Crippen LogP contribution in [0.25, 0.3) is 24.3 Å². The van der Waals surface area contributed by atoms with Gasteiger partial charge in [-0.2, -0.15) is 0 Å². The Morgan fingerprint density at radius 3 is 0.821 bits per heavy atom. The van der Waals surface area contributed by atoms with Crippen molar-refractivity contribution in [2.75, 3.05) is 0 Å². The molecule has 0 nitrogen and oxygen atoms in total. The van der Waals surface area contributed by atoms with Crippen molar-refractivity contribution >= 4 is 40.2 Å². The predicted octanol–water partition coefficient (Wildman–Crippen LogP) is 12.0. The molecule has 0 spiro atoms. The molecule has 0 fully saturated rings. The van der Waals surface area contributed by atoms with Gasteiger partial charge in [-0.1, -0.05) is 160 Å². The second kappa shape index (κ2) is 11.2. The summed E-state index contributed by atoms with van der Waals surface area (Å²) in [4.78, 5) is 0. The van der Waals surface area contributed by atoms with Crippen molar-refractivity contribution in [3.05, 3.63) is 104 Å². The Balaban J connectivity index is 1.98.